The summed E-state index contributed by atoms with van der Waals surface area (Å²) >= 11 is 0. The Kier molecular flexibility index (Phi) is 6.27. The third-order valence-corrected chi connectivity index (χ3v) is 3.19. The third kappa shape index (κ3) is 4.79. The number of unbranched alkanes of at least 4 members (excludes halogenated alkanes) is 2. The SMILES string of the molecule is COCCCCCNCc1cnn(-c2ccccc2)c1. The van der Waals surface area contributed by atoms with Gasteiger partial charge in [0.15, 0.2) is 0 Å². The molecule has 0 aliphatic carbocycles. The monoisotopic (exact) mass is 273 g/mol. The van der Waals surface area contributed by atoms with Crippen molar-refractivity contribution in [2.75, 3.05) is 20.3 Å². The van der Waals surface area contributed by atoms with E-state index in [-0.39, 0.29) is 0 Å². The Labute approximate surface area is 120 Å². The van der Waals surface area contributed by atoms with Gasteiger partial charge in [-0.2, -0.15) is 5.10 Å². The Balaban J connectivity index is 1.69. The summed E-state index contributed by atoms with van der Waals surface area (Å²) in [4.78, 5) is 0. The maximum Gasteiger partial charge on any atom is 0.0645 e. The smallest absolute Gasteiger partial charge is 0.0645 e. The van der Waals surface area contributed by atoms with Gasteiger partial charge in [-0.15, -0.1) is 0 Å². The lowest BCUT2D eigenvalue weighted by Crippen LogP contribution is -2.14. The van der Waals surface area contributed by atoms with E-state index in [1.165, 1.54) is 18.4 Å². The number of methoxy groups -OCH3 is 1. The van der Waals surface area contributed by atoms with Crippen LogP contribution in [0.1, 0.15) is 24.8 Å². The molecule has 0 radical (unpaired) electrons. The highest BCUT2D eigenvalue weighted by Crippen LogP contribution is 2.07. The first-order valence-corrected chi connectivity index (χ1v) is 7.19. The van der Waals surface area contributed by atoms with Crippen LogP contribution in [0.15, 0.2) is 42.7 Å². The lowest BCUT2D eigenvalue weighted by molar-refractivity contribution is 0.192. The fraction of sp³-hybridized carbons (Fsp3) is 0.438. The molecular formula is C16H23N3O. The van der Waals surface area contributed by atoms with Crippen LogP contribution in [0.4, 0.5) is 0 Å². The number of aromatic nitrogens is 2. The van der Waals surface area contributed by atoms with E-state index in [0.29, 0.717) is 0 Å². The second-order valence-corrected chi connectivity index (χ2v) is 4.86. The van der Waals surface area contributed by atoms with Gasteiger partial charge in [0.05, 0.1) is 11.9 Å². The molecule has 0 unspecified atom stereocenters. The van der Waals surface area contributed by atoms with Gasteiger partial charge >= 0.3 is 0 Å². The van der Waals surface area contributed by atoms with Gasteiger partial charge < -0.3 is 10.1 Å². The molecule has 2 aromatic rings. The van der Waals surface area contributed by atoms with Gasteiger partial charge in [-0.25, -0.2) is 4.68 Å². The molecule has 1 heterocycles. The molecule has 20 heavy (non-hydrogen) atoms. The zero-order valence-corrected chi connectivity index (χ0v) is 12.1. The van der Waals surface area contributed by atoms with Crippen molar-refractivity contribution < 1.29 is 4.74 Å². The van der Waals surface area contributed by atoms with Gasteiger partial charge in [0.2, 0.25) is 0 Å². The van der Waals surface area contributed by atoms with Crippen LogP contribution >= 0.6 is 0 Å². The summed E-state index contributed by atoms with van der Waals surface area (Å²) in [7, 11) is 1.75. The fourth-order valence-corrected chi connectivity index (χ4v) is 2.08. The highest BCUT2D eigenvalue weighted by molar-refractivity contribution is 5.30. The van der Waals surface area contributed by atoms with Gasteiger partial charge in [0.25, 0.3) is 0 Å². The Morgan fingerprint density at radius 3 is 2.80 bits per heavy atom. The molecule has 0 atom stereocenters. The number of rotatable bonds is 9. The highest BCUT2D eigenvalue weighted by atomic mass is 16.5. The van der Waals surface area contributed by atoms with E-state index in [0.717, 1.165) is 31.8 Å². The molecule has 1 aromatic heterocycles. The molecule has 0 saturated heterocycles. The van der Waals surface area contributed by atoms with Gasteiger partial charge in [-0.1, -0.05) is 18.2 Å². The second-order valence-electron chi connectivity index (χ2n) is 4.86. The number of hydrogen-bond donors (Lipinski definition) is 1. The molecule has 1 N–H and O–H groups in total. The summed E-state index contributed by atoms with van der Waals surface area (Å²) in [5.41, 5.74) is 2.31. The van der Waals surface area contributed by atoms with Crippen LogP contribution in [-0.2, 0) is 11.3 Å². The first kappa shape index (κ1) is 14.8. The maximum absolute atomic E-state index is 5.03. The molecule has 0 aliphatic heterocycles. The van der Waals surface area contributed by atoms with E-state index in [1.807, 2.05) is 29.1 Å². The first-order valence-electron chi connectivity index (χ1n) is 7.19. The van der Waals surface area contributed by atoms with Crippen LogP contribution in [-0.4, -0.2) is 30.0 Å². The van der Waals surface area contributed by atoms with Crippen molar-refractivity contribution in [1.82, 2.24) is 15.1 Å². The predicted octanol–water partition coefficient (Wildman–Crippen LogP) is 2.78. The molecule has 2 rings (SSSR count). The molecule has 4 heteroatoms. The minimum Gasteiger partial charge on any atom is -0.385 e. The molecule has 108 valence electrons. The normalized spacial score (nSPS) is 10.8. The zero-order valence-electron chi connectivity index (χ0n) is 12.1. The van der Waals surface area contributed by atoms with Crippen LogP contribution in [0.25, 0.3) is 5.69 Å². The van der Waals surface area contributed by atoms with E-state index in [2.05, 4.69) is 28.7 Å². The summed E-state index contributed by atoms with van der Waals surface area (Å²) in [5.74, 6) is 0. The second kappa shape index (κ2) is 8.51. The van der Waals surface area contributed by atoms with Crippen LogP contribution in [0.3, 0.4) is 0 Å². The summed E-state index contributed by atoms with van der Waals surface area (Å²) < 4.78 is 6.94. The molecule has 0 spiro atoms. The van der Waals surface area contributed by atoms with Crippen molar-refractivity contribution in [1.29, 1.82) is 0 Å². The topological polar surface area (TPSA) is 39.1 Å². The quantitative estimate of drug-likeness (QED) is 0.714. The van der Waals surface area contributed by atoms with Gasteiger partial charge in [-0.3, -0.25) is 0 Å². The largest absolute Gasteiger partial charge is 0.385 e. The number of hydrogen-bond acceptors (Lipinski definition) is 3. The van der Waals surface area contributed by atoms with Crippen molar-refractivity contribution in [3.63, 3.8) is 0 Å². The average molecular weight is 273 g/mol. The maximum atomic E-state index is 5.03. The lowest BCUT2D eigenvalue weighted by Gasteiger charge is -2.03. The molecular weight excluding hydrogens is 250 g/mol. The average Bonchev–Trinajstić information content (AvgIpc) is 2.96. The van der Waals surface area contributed by atoms with E-state index < -0.39 is 0 Å². The van der Waals surface area contributed by atoms with E-state index >= 15 is 0 Å². The Bertz CT molecular complexity index is 481. The van der Waals surface area contributed by atoms with E-state index in [4.69, 9.17) is 4.74 Å². The van der Waals surface area contributed by atoms with Crippen molar-refractivity contribution >= 4 is 0 Å². The number of nitrogens with one attached hydrogen (secondary N) is 1. The molecule has 0 bridgehead atoms. The first-order chi connectivity index (χ1) is 9.90. The molecule has 0 aliphatic rings. The van der Waals surface area contributed by atoms with Gasteiger partial charge in [0.1, 0.15) is 0 Å². The van der Waals surface area contributed by atoms with Crippen LogP contribution in [0.5, 0.6) is 0 Å². The molecule has 0 saturated carbocycles. The Hall–Kier alpha value is -1.65. The van der Waals surface area contributed by atoms with Crippen molar-refractivity contribution in [2.45, 2.75) is 25.8 Å². The van der Waals surface area contributed by atoms with Gasteiger partial charge in [0, 0.05) is 32.0 Å². The highest BCUT2D eigenvalue weighted by Gasteiger charge is 2.00. The standard InChI is InChI=1S/C16H23N3O/c1-20-11-7-3-6-10-17-12-15-13-18-19(14-15)16-8-4-2-5-9-16/h2,4-5,8-9,13-14,17H,3,6-7,10-12H2,1H3. The number of nitrogens with zero attached hydrogens (tertiary/aromatic N) is 2. The number of para-hydroxylation sites is 1. The Morgan fingerprint density at radius 1 is 1.15 bits per heavy atom. The van der Waals surface area contributed by atoms with Crippen molar-refractivity contribution in [2.24, 2.45) is 0 Å². The van der Waals surface area contributed by atoms with Crippen molar-refractivity contribution in [3.05, 3.63) is 48.3 Å². The number of ether oxygens (including phenoxy) is 1. The molecule has 4 nitrogen and oxygen atoms in total. The number of benzene rings is 1. The zero-order chi connectivity index (χ0) is 14.0. The van der Waals surface area contributed by atoms with Crippen LogP contribution < -0.4 is 5.32 Å². The minimum absolute atomic E-state index is 0.865. The summed E-state index contributed by atoms with van der Waals surface area (Å²) in [6, 6.07) is 10.2. The molecule has 0 amide bonds. The third-order valence-electron chi connectivity index (χ3n) is 3.19. The molecule has 1 aromatic carbocycles. The minimum atomic E-state index is 0.865. The van der Waals surface area contributed by atoms with Crippen molar-refractivity contribution in [3.8, 4) is 5.69 Å². The lowest BCUT2D eigenvalue weighted by atomic mass is 10.2. The predicted molar refractivity (Wildman–Crippen MR) is 81.0 cm³/mol. The van der Waals surface area contributed by atoms with Crippen LogP contribution in [0, 0.1) is 0 Å². The van der Waals surface area contributed by atoms with E-state index in [1.54, 1.807) is 7.11 Å². The van der Waals surface area contributed by atoms with E-state index in [9.17, 15) is 0 Å². The summed E-state index contributed by atoms with van der Waals surface area (Å²) in [6.45, 7) is 2.78. The fourth-order valence-electron chi connectivity index (χ4n) is 2.08. The van der Waals surface area contributed by atoms with Crippen LogP contribution in [0.2, 0.25) is 0 Å². The Morgan fingerprint density at radius 2 is 2.00 bits per heavy atom. The van der Waals surface area contributed by atoms with Gasteiger partial charge in [-0.05, 0) is 37.9 Å². The molecule has 0 fully saturated rings. The summed E-state index contributed by atoms with van der Waals surface area (Å²) in [6.07, 6.45) is 7.54. The summed E-state index contributed by atoms with van der Waals surface area (Å²) in [5, 5.41) is 7.84.